The fourth-order valence-corrected chi connectivity index (χ4v) is 4.73. The van der Waals surface area contributed by atoms with Crippen LogP contribution in [0.4, 0.5) is 0 Å². The number of thioether (sulfide) groups is 1. The van der Waals surface area contributed by atoms with Crippen molar-refractivity contribution in [3.8, 4) is 5.88 Å². The van der Waals surface area contributed by atoms with E-state index in [1.807, 2.05) is 31.4 Å². The number of hydrogen-bond donors (Lipinski definition) is 0. The van der Waals surface area contributed by atoms with Gasteiger partial charge in [0.1, 0.15) is 18.5 Å². The molecule has 0 spiro atoms. The van der Waals surface area contributed by atoms with E-state index in [4.69, 9.17) is 9.47 Å². The van der Waals surface area contributed by atoms with Gasteiger partial charge in [0.2, 0.25) is 16.9 Å². The van der Waals surface area contributed by atoms with E-state index in [9.17, 15) is 13.2 Å². The van der Waals surface area contributed by atoms with Crippen molar-refractivity contribution in [3.05, 3.63) is 53.1 Å². The second-order valence-electron chi connectivity index (χ2n) is 7.71. The van der Waals surface area contributed by atoms with Crippen molar-refractivity contribution in [1.29, 1.82) is 0 Å². The second-order valence-corrected chi connectivity index (χ2v) is 10.4. The Balaban J connectivity index is 1.36. The first-order chi connectivity index (χ1) is 16.3. The number of amides is 1. The van der Waals surface area contributed by atoms with Crippen molar-refractivity contribution >= 4 is 39.4 Å². The molecule has 1 saturated heterocycles. The molecule has 1 fully saturated rings. The van der Waals surface area contributed by atoms with Crippen LogP contribution in [0.3, 0.4) is 0 Å². The van der Waals surface area contributed by atoms with Gasteiger partial charge >= 0.3 is 0 Å². The minimum absolute atomic E-state index is 0.164. The lowest BCUT2D eigenvalue weighted by atomic mass is 10.2. The van der Waals surface area contributed by atoms with Crippen LogP contribution in [0.25, 0.3) is 11.9 Å². The summed E-state index contributed by atoms with van der Waals surface area (Å²) in [5.41, 5.74) is 1.48. The molecule has 0 bridgehead atoms. The Labute approximate surface area is 201 Å². The van der Waals surface area contributed by atoms with Crippen molar-refractivity contribution in [2.75, 3.05) is 38.3 Å². The van der Waals surface area contributed by atoms with Crippen molar-refractivity contribution in [2.45, 2.75) is 18.2 Å². The highest BCUT2D eigenvalue weighted by atomic mass is 32.2. The third kappa shape index (κ3) is 6.13. The molecular formula is C22H25N5O5S2. The summed E-state index contributed by atoms with van der Waals surface area (Å²) in [5, 5.41) is 6.02. The van der Waals surface area contributed by atoms with E-state index in [-0.39, 0.29) is 13.2 Å². The summed E-state index contributed by atoms with van der Waals surface area (Å²) < 4.78 is 38.0. The Morgan fingerprint density at radius 2 is 2.09 bits per heavy atom. The monoisotopic (exact) mass is 503 g/mol. The normalized spacial score (nSPS) is 16.9. The number of aromatic nitrogens is 4. The minimum atomic E-state index is -3.70. The lowest BCUT2D eigenvalue weighted by Crippen LogP contribution is -2.49. The van der Waals surface area contributed by atoms with Crippen LogP contribution in [-0.4, -0.2) is 83.2 Å². The minimum Gasteiger partial charge on any atom is -0.475 e. The number of carbonyl (C=O) groups is 1. The molecule has 2 aromatic heterocycles. The lowest BCUT2D eigenvalue weighted by Gasteiger charge is -2.32. The number of benzene rings is 1. The number of ether oxygens (including phenoxy) is 2. The van der Waals surface area contributed by atoms with Crippen molar-refractivity contribution in [1.82, 2.24) is 24.5 Å². The number of morpholine rings is 1. The molecule has 10 nitrogen and oxygen atoms in total. The summed E-state index contributed by atoms with van der Waals surface area (Å²) in [5.74, 6) is -0.149. The first kappa shape index (κ1) is 24.2. The smallest absolute Gasteiger partial charge is 0.256 e. The van der Waals surface area contributed by atoms with Crippen LogP contribution >= 0.6 is 11.8 Å². The molecule has 12 heteroatoms. The molecule has 1 aliphatic rings. The maximum atomic E-state index is 12.7. The van der Waals surface area contributed by atoms with Gasteiger partial charge in [0, 0.05) is 23.7 Å². The molecule has 0 aliphatic carbocycles. The molecule has 1 unspecified atom stereocenters. The number of sulfone groups is 1. The lowest BCUT2D eigenvalue weighted by molar-refractivity contribution is -0.137. The molecule has 0 radical (unpaired) electrons. The average Bonchev–Trinajstić information content (AvgIpc) is 3.25. The quantitative estimate of drug-likeness (QED) is 0.425. The Morgan fingerprint density at radius 3 is 2.85 bits per heavy atom. The van der Waals surface area contributed by atoms with Gasteiger partial charge in [0.05, 0.1) is 13.2 Å². The molecular weight excluding hydrogens is 478 g/mol. The molecule has 1 aromatic carbocycles. The zero-order valence-corrected chi connectivity index (χ0v) is 20.5. The summed E-state index contributed by atoms with van der Waals surface area (Å²) in [6, 6.07) is 10.8. The van der Waals surface area contributed by atoms with E-state index < -0.39 is 27.6 Å². The average molecular weight is 504 g/mol. The van der Waals surface area contributed by atoms with Crippen LogP contribution in [-0.2, 0) is 19.4 Å². The first-order valence-electron chi connectivity index (χ1n) is 10.6. The molecule has 1 aliphatic heterocycles. The maximum absolute atomic E-state index is 12.7. The van der Waals surface area contributed by atoms with Crippen LogP contribution in [0.15, 0.2) is 47.0 Å². The highest BCUT2D eigenvalue weighted by Crippen LogP contribution is 2.18. The van der Waals surface area contributed by atoms with Gasteiger partial charge in [0.15, 0.2) is 9.84 Å². The van der Waals surface area contributed by atoms with Gasteiger partial charge in [-0.25, -0.2) is 13.4 Å². The van der Waals surface area contributed by atoms with Gasteiger partial charge in [-0.15, -0.1) is 5.10 Å². The van der Waals surface area contributed by atoms with Crippen LogP contribution in [0.1, 0.15) is 11.3 Å². The maximum Gasteiger partial charge on any atom is 0.256 e. The van der Waals surface area contributed by atoms with E-state index >= 15 is 0 Å². The largest absolute Gasteiger partial charge is 0.475 e. The zero-order chi connectivity index (χ0) is 24.1. The molecule has 1 atom stereocenters. The number of carbonyl (C=O) groups excluding carboxylic acids is 1. The van der Waals surface area contributed by atoms with E-state index in [2.05, 4.69) is 15.1 Å². The van der Waals surface area contributed by atoms with Gasteiger partial charge in [-0.1, -0.05) is 42.1 Å². The number of aryl methyl sites for hydroxylation is 1. The Morgan fingerprint density at radius 1 is 1.29 bits per heavy atom. The summed E-state index contributed by atoms with van der Waals surface area (Å²) in [7, 11) is -3.70. The Kier molecular flexibility index (Phi) is 7.49. The van der Waals surface area contributed by atoms with E-state index in [0.717, 1.165) is 16.7 Å². The summed E-state index contributed by atoms with van der Waals surface area (Å²) >= 11 is 1.40. The Hall–Kier alpha value is -2.96. The van der Waals surface area contributed by atoms with Gasteiger partial charge in [0.25, 0.3) is 5.78 Å². The molecule has 180 valence electrons. The number of fused-ring (bicyclic) bond motifs is 1. The summed E-state index contributed by atoms with van der Waals surface area (Å²) in [4.78, 5) is 22.9. The predicted octanol–water partition coefficient (Wildman–Crippen LogP) is 1.85. The molecule has 3 aromatic rings. The van der Waals surface area contributed by atoms with E-state index in [1.54, 1.807) is 18.2 Å². The summed E-state index contributed by atoms with van der Waals surface area (Å²) in [6.07, 6.45) is 2.96. The fraction of sp³-hybridized carbons (Fsp3) is 0.364. The van der Waals surface area contributed by atoms with Gasteiger partial charge in [-0.3, -0.25) is 4.79 Å². The third-order valence-electron chi connectivity index (χ3n) is 5.07. The second kappa shape index (κ2) is 10.5. The van der Waals surface area contributed by atoms with Gasteiger partial charge in [-0.2, -0.15) is 9.50 Å². The van der Waals surface area contributed by atoms with Crippen molar-refractivity contribution < 1.29 is 22.7 Å². The molecule has 0 saturated carbocycles. The SMILES string of the molecule is CSc1nc2nc(C)cc(OCC3CN(C(=O)CS(=O)(=O)C=Cc4ccccc4)CCO3)n2n1. The zero-order valence-electron chi connectivity index (χ0n) is 18.8. The molecule has 3 heterocycles. The van der Waals surface area contributed by atoms with Gasteiger partial charge < -0.3 is 14.4 Å². The van der Waals surface area contributed by atoms with Crippen LogP contribution in [0, 0.1) is 6.92 Å². The van der Waals surface area contributed by atoms with E-state index in [0.29, 0.717) is 30.0 Å². The number of hydrogen-bond acceptors (Lipinski definition) is 9. The Bertz CT molecular complexity index is 1290. The van der Waals surface area contributed by atoms with Crippen LogP contribution in [0.2, 0.25) is 0 Å². The van der Waals surface area contributed by atoms with E-state index in [1.165, 1.54) is 27.3 Å². The topological polar surface area (TPSA) is 116 Å². The molecule has 4 rings (SSSR count). The highest BCUT2D eigenvalue weighted by Gasteiger charge is 2.27. The first-order valence-corrected chi connectivity index (χ1v) is 13.5. The molecule has 1 amide bonds. The summed E-state index contributed by atoms with van der Waals surface area (Å²) in [6.45, 7) is 2.86. The standard InChI is InChI=1S/C22H25N5O5S2/c1-16-12-20(27-21(23-16)24-22(25-27)33-2)32-14-18-13-26(9-10-31-18)19(28)15-34(29,30)11-8-17-6-4-3-5-7-17/h3-8,11-12,18H,9-10,13-15H2,1-2H3. The predicted molar refractivity (Wildman–Crippen MR) is 128 cm³/mol. The van der Waals surface area contributed by atoms with Gasteiger partial charge in [-0.05, 0) is 24.8 Å². The fourth-order valence-electron chi connectivity index (χ4n) is 3.41. The molecule has 34 heavy (non-hydrogen) atoms. The number of rotatable bonds is 8. The van der Waals surface area contributed by atoms with Crippen LogP contribution < -0.4 is 4.74 Å². The number of nitrogens with zero attached hydrogens (tertiary/aromatic N) is 5. The molecule has 0 N–H and O–H groups in total. The van der Waals surface area contributed by atoms with Crippen molar-refractivity contribution in [2.24, 2.45) is 0 Å². The highest BCUT2D eigenvalue weighted by molar-refractivity contribution is 7.98. The third-order valence-corrected chi connectivity index (χ3v) is 6.81. The van der Waals surface area contributed by atoms with Crippen molar-refractivity contribution in [3.63, 3.8) is 0 Å². The van der Waals surface area contributed by atoms with Crippen LogP contribution in [0.5, 0.6) is 5.88 Å².